The van der Waals surface area contributed by atoms with Gasteiger partial charge in [0.2, 0.25) is 11.9 Å². The van der Waals surface area contributed by atoms with Gasteiger partial charge in [-0.2, -0.15) is 4.98 Å². The van der Waals surface area contributed by atoms with E-state index in [0.29, 0.717) is 11.9 Å². The zero-order valence-electron chi connectivity index (χ0n) is 9.36. The molecule has 0 saturated heterocycles. The summed E-state index contributed by atoms with van der Waals surface area (Å²) in [6, 6.07) is 8.49. The number of nitrogens with one attached hydrogen (secondary N) is 2. The Bertz CT molecular complexity index is 459. The van der Waals surface area contributed by atoms with E-state index < -0.39 is 0 Å². The van der Waals surface area contributed by atoms with Gasteiger partial charge in [0, 0.05) is 0 Å². The lowest BCUT2D eigenvalue weighted by Gasteiger charge is -2.12. The SMILES string of the molecule is Cc1ccc(C(C)Nc2n[nH]c(N)n2)cc1. The molecular formula is C11H15N5. The molecule has 0 aliphatic carbocycles. The number of anilines is 2. The van der Waals surface area contributed by atoms with E-state index in [-0.39, 0.29) is 6.04 Å². The molecule has 1 heterocycles. The van der Waals surface area contributed by atoms with Crippen LogP contribution in [0, 0.1) is 6.92 Å². The minimum absolute atomic E-state index is 0.149. The number of nitrogens with two attached hydrogens (primary N) is 1. The van der Waals surface area contributed by atoms with Crippen LogP contribution in [0.5, 0.6) is 0 Å². The largest absolute Gasteiger partial charge is 0.368 e. The molecule has 0 amide bonds. The number of hydrogen-bond donors (Lipinski definition) is 3. The molecule has 0 spiro atoms. The lowest BCUT2D eigenvalue weighted by molar-refractivity contribution is 0.862. The Hall–Kier alpha value is -2.04. The van der Waals surface area contributed by atoms with Crippen molar-refractivity contribution in [3.8, 4) is 0 Å². The van der Waals surface area contributed by atoms with Crippen molar-refractivity contribution in [1.29, 1.82) is 0 Å². The smallest absolute Gasteiger partial charge is 0.244 e. The highest BCUT2D eigenvalue weighted by molar-refractivity contribution is 5.35. The van der Waals surface area contributed by atoms with E-state index in [0.717, 1.165) is 0 Å². The summed E-state index contributed by atoms with van der Waals surface area (Å²) in [5.74, 6) is 0.837. The number of H-pyrrole nitrogens is 1. The van der Waals surface area contributed by atoms with E-state index in [1.165, 1.54) is 11.1 Å². The van der Waals surface area contributed by atoms with Crippen LogP contribution in [0.4, 0.5) is 11.9 Å². The highest BCUT2D eigenvalue weighted by Crippen LogP contribution is 2.17. The molecule has 2 aromatic rings. The maximum atomic E-state index is 5.44. The quantitative estimate of drug-likeness (QED) is 0.733. The van der Waals surface area contributed by atoms with E-state index >= 15 is 0 Å². The summed E-state index contributed by atoms with van der Waals surface area (Å²) in [6.45, 7) is 4.12. The lowest BCUT2D eigenvalue weighted by atomic mass is 10.1. The number of nitrogens with zero attached hydrogens (tertiary/aromatic N) is 2. The molecule has 0 radical (unpaired) electrons. The Morgan fingerprint density at radius 3 is 2.56 bits per heavy atom. The Kier molecular flexibility index (Phi) is 2.76. The molecule has 0 bridgehead atoms. The Morgan fingerprint density at radius 2 is 2.00 bits per heavy atom. The van der Waals surface area contributed by atoms with Gasteiger partial charge < -0.3 is 11.1 Å². The van der Waals surface area contributed by atoms with Crippen LogP contribution in [0.3, 0.4) is 0 Å². The standard InChI is InChI=1S/C11H15N5/c1-7-3-5-9(6-4-7)8(2)13-11-14-10(12)15-16-11/h3-6,8H,1-2H3,(H4,12,13,14,15,16). The van der Waals surface area contributed by atoms with Gasteiger partial charge in [-0.3, -0.25) is 0 Å². The first-order valence-electron chi connectivity index (χ1n) is 5.16. The number of benzene rings is 1. The fourth-order valence-electron chi connectivity index (χ4n) is 1.47. The fourth-order valence-corrected chi connectivity index (χ4v) is 1.47. The van der Waals surface area contributed by atoms with Crippen molar-refractivity contribution >= 4 is 11.9 Å². The number of aromatic nitrogens is 3. The second-order valence-corrected chi connectivity index (χ2v) is 3.82. The lowest BCUT2D eigenvalue weighted by Crippen LogP contribution is -2.07. The first-order chi connectivity index (χ1) is 7.65. The Balaban J connectivity index is 2.08. The molecule has 1 aromatic heterocycles. The van der Waals surface area contributed by atoms with E-state index in [2.05, 4.69) is 58.6 Å². The van der Waals surface area contributed by atoms with E-state index in [1.807, 2.05) is 0 Å². The average Bonchev–Trinajstić information content (AvgIpc) is 2.65. The highest BCUT2D eigenvalue weighted by atomic mass is 15.3. The van der Waals surface area contributed by atoms with Crippen molar-refractivity contribution in [1.82, 2.24) is 15.2 Å². The van der Waals surface area contributed by atoms with Crippen LogP contribution in [-0.4, -0.2) is 15.2 Å². The summed E-state index contributed by atoms with van der Waals surface area (Å²) in [5, 5.41) is 9.68. The average molecular weight is 217 g/mol. The van der Waals surface area contributed by atoms with Crippen molar-refractivity contribution in [3.05, 3.63) is 35.4 Å². The number of rotatable bonds is 3. The van der Waals surface area contributed by atoms with Crippen molar-refractivity contribution in [2.24, 2.45) is 0 Å². The number of nitrogen functional groups attached to an aromatic ring is 1. The first kappa shape index (κ1) is 10.5. The normalized spacial score (nSPS) is 12.4. The second kappa shape index (κ2) is 4.22. The molecule has 2 rings (SSSR count). The van der Waals surface area contributed by atoms with Gasteiger partial charge in [0.15, 0.2) is 0 Å². The minimum Gasteiger partial charge on any atom is -0.368 e. The van der Waals surface area contributed by atoms with Crippen LogP contribution >= 0.6 is 0 Å². The van der Waals surface area contributed by atoms with Crippen molar-refractivity contribution in [2.75, 3.05) is 11.1 Å². The van der Waals surface area contributed by atoms with Crippen molar-refractivity contribution < 1.29 is 0 Å². The van der Waals surface area contributed by atoms with Crippen molar-refractivity contribution in [3.63, 3.8) is 0 Å². The number of hydrogen-bond acceptors (Lipinski definition) is 4. The third-order valence-electron chi connectivity index (χ3n) is 2.43. The highest BCUT2D eigenvalue weighted by Gasteiger charge is 2.07. The molecule has 16 heavy (non-hydrogen) atoms. The molecule has 0 aliphatic heterocycles. The summed E-state index contributed by atoms with van der Waals surface area (Å²) >= 11 is 0. The van der Waals surface area contributed by atoms with E-state index in [9.17, 15) is 0 Å². The minimum atomic E-state index is 0.149. The molecule has 84 valence electrons. The number of aryl methyl sites for hydroxylation is 1. The van der Waals surface area contributed by atoms with Crippen LogP contribution < -0.4 is 11.1 Å². The zero-order chi connectivity index (χ0) is 11.5. The zero-order valence-corrected chi connectivity index (χ0v) is 9.36. The predicted molar refractivity (Wildman–Crippen MR) is 64.0 cm³/mol. The van der Waals surface area contributed by atoms with Crippen LogP contribution in [0.25, 0.3) is 0 Å². The van der Waals surface area contributed by atoms with Gasteiger partial charge in [-0.05, 0) is 19.4 Å². The van der Waals surface area contributed by atoms with Crippen LogP contribution in [-0.2, 0) is 0 Å². The van der Waals surface area contributed by atoms with Gasteiger partial charge in [0.1, 0.15) is 0 Å². The molecule has 0 fully saturated rings. The summed E-state index contributed by atoms with van der Waals surface area (Å²) < 4.78 is 0. The van der Waals surface area contributed by atoms with Gasteiger partial charge in [-0.25, -0.2) is 5.10 Å². The first-order valence-corrected chi connectivity index (χ1v) is 5.16. The number of aromatic amines is 1. The molecule has 5 nitrogen and oxygen atoms in total. The van der Waals surface area contributed by atoms with E-state index in [4.69, 9.17) is 5.73 Å². The van der Waals surface area contributed by atoms with Gasteiger partial charge in [-0.15, -0.1) is 5.10 Å². The van der Waals surface area contributed by atoms with E-state index in [1.54, 1.807) is 0 Å². The molecule has 0 saturated carbocycles. The Morgan fingerprint density at radius 1 is 1.31 bits per heavy atom. The van der Waals surface area contributed by atoms with Gasteiger partial charge in [-0.1, -0.05) is 29.8 Å². The van der Waals surface area contributed by atoms with Crippen molar-refractivity contribution in [2.45, 2.75) is 19.9 Å². The third-order valence-corrected chi connectivity index (χ3v) is 2.43. The molecule has 4 N–H and O–H groups in total. The van der Waals surface area contributed by atoms with Gasteiger partial charge in [0.25, 0.3) is 0 Å². The summed E-state index contributed by atoms with van der Waals surface area (Å²) in [4.78, 5) is 3.99. The molecular weight excluding hydrogens is 202 g/mol. The van der Waals surface area contributed by atoms with Crippen LogP contribution in [0.1, 0.15) is 24.1 Å². The summed E-state index contributed by atoms with van der Waals surface area (Å²) in [5.41, 5.74) is 7.88. The Labute approximate surface area is 94.1 Å². The molecule has 5 heteroatoms. The fraction of sp³-hybridized carbons (Fsp3) is 0.273. The molecule has 0 aliphatic rings. The summed E-state index contributed by atoms with van der Waals surface area (Å²) in [7, 11) is 0. The van der Waals surface area contributed by atoms with Gasteiger partial charge in [0.05, 0.1) is 6.04 Å². The molecule has 1 unspecified atom stereocenters. The third kappa shape index (κ3) is 2.31. The monoisotopic (exact) mass is 217 g/mol. The molecule has 1 atom stereocenters. The maximum Gasteiger partial charge on any atom is 0.244 e. The topological polar surface area (TPSA) is 79.6 Å². The van der Waals surface area contributed by atoms with Crippen LogP contribution in [0.2, 0.25) is 0 Å². The second-order valence-electron chi connectivity index (χ2n) is 3.82. The summed E-state index contributed by atoms with van der Waals surface area (Å²) in [6.07, 6.45) is 0. The maximum absolute atomic E-state index is 5.44. The van der Waals surface area contributed by atoms with Crippen LogP contribution in [0.15, 0.2) is 24.3 Å². The molecule has 1 aromatic carbocycles. The van der Waals surface area contributed by atoms with Gasteiger partial charge >= 0.3 is 0 Å². The predicted octanol–water partition coefficient (Wildman–Crippen LogP) is 1.87.